The lowest BCUT2D eigenvalue weighted by atomic mass is 9.88. The molecule has 3 aromatic rings. The van der Waals surface area contributed by atoms with Gasteiger partial charge in [-0.2, -0.15) is 0 Å². The fraction of sp³-hybridized carbons (Fsp3) is 0.364. The number of hydrogen-bond donors (Lipinski definition) is 1. The highest BCUT2D eigenvalue weighted by molar-refractivity contribution is 7.15. The lowest BCUT2D eigenvalue weighted by molar-refractivity contribution is -0.147. The Morgan fingerprint density at radius 1 is 1.14 bits per heavy atom. The third kappa shape index (κ3) is 4.98. The molecule has 0 atom stereocenters. The Balaban J connectivity index is 1.44. The second-order valence-electron chi connectivity index (χ2n) is 7.40. The second-order valence-corrected chi connectivity index (χ2v) is 8.46. The minimum atomic E-state index is -0.189. The number of carbonyl (C=O) groups excluding carboxylic acids is 1. The second kappa shape index (κ2) is 8.69. The zero-order valence-corrected chi connectivity index (χ0v) is 17.4. The summed E-state index contributed by atoms with van der Waals surface area (Å²) in [5.74, 6) is 1.78. The average Bonchev–Trinajstić information content (AvgIpc) is 3.19. The zero-order valence-electron chi connectivity index (χ0n) is 16.6. The van der Waals surface area contributed by atoms with E-state index in [0.29, 0.717) is 5.92 Å². The van der Waals surface area contributed by atoms with E-state index in [1.165, 1.54) is 6.92 Å². The smallest absolute Gasteiger partial charge is 0.302 e. The summed E-state index contributed by atoms with van der Waals surface area (Å²) < 4.78 is 5.34. The molecular formula is C22H24N4O2S. The fourth-order valence-corrected chi connectivity index (χ4v) is 4.69. The van der Waals surface area contributed by atoms with Crippen LogP contribution in [0.3, 0.4) is 0 Å². The Labute approximate surface area is 174 Å². The summed E-state index contributed by atoms with van der Waals surface area (Å²) in [5.41, 5.74) is 2.05. The van der Waals surface area contributed by atoms with Crippen molar-refractivity contribution in [3.05, 3.63) is 53.3 Å². The van der Waals surface area contributed by atoms with E-state index >= 15 is 0 Å². The molecule has 6 nitrogen and oxygen atoms in total. The largest absolute Gasteiger partial charge is 0.463 e. The van der Waals surface area contributed by atoms with Crippen molar-refractivity contribution < 1.29 is 9.53 Å². The van der Waals surface area contributed by atoms with Gasteiger partial charge in [0.15, 0.2) is 0 Å². The molecule has 0 aromatic carbocycles. The van der Waals surface area contributed by atoms with Gasteiger partial charge in [-0.25, -0.2) is 15.0 Å². The SMILES string of the molecule is CC(=O)OC1CCC(c2ncc(-c3cccc(Nc4cc(C)ccn4)n3)s2)CC1. The number of hydrogen-bond acceptors (Lipinski definition) is 7. The minimum Gasteiger partial charge on any atom is -0.463 e. The third-order valence-corrected chi connectivity index (χ3v) is 6.24. The molecule has 0 saturated heterocycles. The topological polar surface area (TPSA) is 77.0 Å². The highest BCUT2D eigenvalue weighted by atomic mass is 32.1. The number of rotatable bonds is 5. The van der Waals surface area contributed by atoms with Crippen LogP contribution in [0.4, 0.5) is 11.6 Å². The van der Waals surface area contributed by atoms with Gasteiger partial charge in [0.25, 0.3) is 0 Å². The summed E-state index contributed by atoms with van der Waals surface area (Å²) in [6, 6.07) is 9.89. The third-order valence-electron chi connectivity index (χ3n) is 5.05. The van der Waals surface area contributed by atoms with E-state index in [2.05, 4.69) is 15.3 Å². The average molecular weight is 409 g/mol. The van der Waals surface area contributed by atoms with E-state index in [9.17, 15) is 4.79 Å². The standard InChI is InChI=1S/C22H24N4O2S/c1-14-10-11-23-21(12-14)26-20-5-3-4-18(25-20)19-13-24-22(29-19)16-6-8-17(9-7-16)28-15(2)27/h3-5,10-13,16-17H,6-9H2,1-2H3,(H,23,25,26). The molecule has 150 valence electrons. The molecule has 1 aliphatic rings. The molecule has 0 unspecified atom stereocenters. The van der Waals surface area contributed by atoms with Crippen molar-refractivity contribution in [3.8, 4) is 10.6 Å². The molecule has 1 fully saturated rings. The van der Waals surface area contributed by atoms with Crippen molar-refractivity contribution in [2.24, 2.45) is 0 Å². The number of anilines is 2. The molecule has 1 aliphatic carbocycles. The zero-order chi connectivity index (χ0) is 20.2. The molecule has 29 heavy (non-hydrogen) atoms. The van der Waals surface area contributed by atoms with Gasteiger partial charge in [0.05, 0.1) is 15.6 Å². The van der Waals surface area contributed by atoms with E-state index in [1.807, 2.05) is 43.5 Å². The predicted molar refractivity (Wildman–Crippen MR) is 114 cm³/mol. The first-order valence-corrected chi connectivity index (χ1v) is 10.7. The summed E-state index contributed by atoms with van der Waals surface area (Å²) in [7, 11) is 0. The van der Waals surface area contributed by atoms with Crippen LogP contribution in [0.1, 0.15) is 49.1 Å². The molecule has 1 saturated carbocycles. The van der Waals surface area contributed by atoms with Crippen molar-refractivity contribution in [3.63, 3.8) is 0 Å². The van der Waals surface area contributed by atoms with Crippen molar-refractivity contribution >= 4 is 28.9 Å². The van der Waals surface area contributed by atoms with Crippen LogP contribution in [0.15, 0.2) is 42.7 Å². The number of thiazole rings is 1. The molecule has 3 aromatic heterocycles. The minimum absolute atomic E-state index is 0.0582. The Morgan fingerprint density at radius 3 is 2.72 bits per heavy atom. The first kappa shape index (κ1) is 19.5. The fourth-order valence-electron chi connectivity index (χ4n) is 3.63. The van der Waals surface area contributed by atoms with Crippen molar-refractivity contribution in [1.82, 2.24) is 15.0 Å². The lowest BCUT2D eigenvalue weighted by Gasteiger charge is -2.26. The maximum atomic E-state index is 11.1. The van der Waals surface area contributed by atoms with Gasteiger partial charge in [0.1, 0.15) is 17.7 Å². The predicted octanol–water partition coefficient (Wildman–Crippen LogP) is 5.24. The maximum Gasteiger partial charge on any atom is 0.302 e. The van der Waals surface area contributed by atoms with Gasteiger partial charge in [0.2, 0.25) is 0 Å². The van der Waals surface area contributed by atoms with Gasteiger partial charge in [0, 0.05) is 25.2 Å². The maximum absolute atomic E-state index is 11.1. The Kier molecular flexibility index (Phi) is 5.85. The number of pyridine rings is 2. The molecule has 1 N–H and O–H groups in total. The Morgan fingerprint density at radius 2 is 1.97 bits per heavy atom. The van der Waals surface area contributed by atoms with Crippen LogP contribution in [0.5, 0.6) is 0 Å². The van der Waals surface area contributed by atoms with Crippen LogP contribution < -0.4 is 5.32 Å². The van der Waals surface area contributed by atoms with Gasteiger partial charge < -0.3 is 10.1 Å². The number of esters is 1. The molecule has 3 heterocycles. The number of nitrogens with one attached hydrogen (secondary N) is 1. The van der Waals surface area contributed by atoms with Gasteiger partial charge in [-0.15, -0.1) is 11.3 Å². The van der Waals surface area contributed by atoms with Crippen LogP contribution in [-0.2, 0) is 9.53 Å². The molecule has 0 radical (unpaired) electrons. The molecule has 0 amide bonds. The van der Waals surface area contributed by atoms with Gasteiger partial charge >= 0.3 is 5.97 Å². The van der Waals surface area contributed by atoms with Crippen molar-refractivity contribution in [1.29, 1.82) is 0 Å². The molecule has 0 spiro atoms. The van der Waals surface area contributed by atoms with Crippen LogP contribution in [-0.4, -0.2) is 27.0 Å². The summed E-state index contributed by atoms with van der Waals surface area (Å²) in [4.78, 5) is 25.9. The number of nitrogens with zero attached hydrogens (tertiary/aromatic N) is 3. The highest BCUT2D eigenvalue weighted by Crippen LogP contribution is 2.38. The molecule has 4 rings (SSSR count). The van der Waals surface area contributed by atoms with E-state index in [1.54, 1.807) is 17.5 Å². The van der Waals surface area contributed by atoms with Crippen LogP contribution in [0.25, 0.3) is 10.6 Å². The molecular weight excluding hydrogens is 384 g/mol. The van der Waals surface area contributed by atoms with Crippen molar-refractivity contribution in [2.45, 2.75) is 51.6 Å². The van der Waals surface area contributed by atoms with E-state index in [4.69, 9.17) is 9.72 Å². The van der Waals surface area contributed by atoms with E-state index in [-0.39, 0.29) is 12.1 Å². The number of aryl methyl sites for hydroxylation is 1. The first-order chi connectivity index (χ1) is 14.1. The Hall–Kier alpha value is -2.80. The van der Waals surface area contributed by atoms with Gasteiger partial charge in [-0.3, -0.25) is 4.79 Å². The quantitative estimate of drug-likeness (QED) is 0.582. The molecule has 0 aliphatic heterocycles. The van der Waals surface area contributed by atoms with Crippen LogP contribution in [0, 0.1) is 6.92 Å². The summed E-state index contributed by atoms with van der Waals surface area (Å²) in [6.07, 6.45) is 7.56. The molecule has 0 bridgehead atoms. The highest BCUT2D eigenvalue weighted by Gasteiger charge is 2.26. The number of carbonyl (C=O) groups is 1. The van der Waals surface area contributed by atoms with Crippen molar-refractivity contribution in [2.75, 3.05) is 5.32 Å². The molecule has 7 heteroatoms. The monoisotopic (exact) mass is 408 g/mol. The Bertz CT molecular complexity index is 996. The lowest BCUT2D eigenvalue weighted by Crippen LogP contribution is -2.22. The van der Waals surface area contributed by atoms with Gasteiger partial charge in [-0.1, -0.05) is 6.07 Å². The van der Waals surface area contributed by atoms with Gasteiger partial charge in [-0.05, 0) is 62.4 Å². The summed E-state index contributed by atoms with van der Waals surface area (Å²) in [5, 5.41) is 4.41. The number of aromatic nitrogens is 3. The van der Waals surface area contributed by atoms with E-state index < -0.39 is 0 Å². The van der Waals surface area contributed by atoms with E-state index in [0.717, 1.165) is 58.5 Å². The van der Waals surface area contributed by atoms with Crippen LogP contribution in [0.2, 0.25) is 0 Å². The summed E-state index contributed by atoms with van der Waals surface area (Å²) in [6.45, 7) is 3.51. The summed E-state index contributed by atoms with van der Waals surface area (Å²) >= 11 is 1.70. The number of ether oxygens (including phenoxy) is 1. The van der Waals surface area contributed by atoms with Crippen LogP contribution >= 0.6 is 11.3 Å². The normalized spacial score (nSPS) is 19.0. The first-order valence-electron chi connectivity index (χ1n) is 9.87.